The Morgan fingerprint density at radius 3 is 2.00 bits per heavy atom. The summed E-state index contributed by atoms with van der Waals surface area (Å²) in [7, 11) is 0. The monoisotopic (exact) mass is 326 g/mol. The number of carbonyl (C=O) groups excluding carboxylic acids is 2. The van der Waals surface area contributed by atoms with E-state index in [-0.39, 0.29) is 12.8 Å². The number of aliphatic carboxylic acids is 1. The number of carboxylic acid groups (broad SMARTS) is 1. The van der Waals surface area contributed by atoms with Crippen LogP contribution in [-0.4, -0.2) is 40.6 Å². The molecule has 2 amide bonds. The van der Waals surface area contributed by atoms with Crippen LogP contribution in [-0.2, 0) is 14.4 Å². The Morgan fingerprint density at radius 2 is 1.64 bits per heavy atom. The van der Waals surface area contributed by atoms with Crippen LogP contribution in [0.3, 0.4) is 0 Å². The average Bonchev–Trinajstić information content (AvgIpc) is 2.30. The molecule has 1 atom stereocenters. The maximum absolute atomic E-state index is 12.3. The molecule has 0 aromatic rings. The topological polar surface area (TPSA) is 95.5 Å². The quantitative estimate of drug-likeness (QED) is 0.660. The van der Waals surface area contributed by atoms with Crippen LogP contribution in [0.1, 0.15) is 40.5 Å². The summed E-state index contributed by atoms with van der Waals surface area (Å²) in [5.41, 5.74) is -0.925. The summed E-state index contributed by atoms with van der Waals surface area (Å²) in [6, 6.07) is -1.36. The van der Waals surface area contributed by atoms with Gasteiger partial charge in [0.05, 0.1) is 0 Å². The van der Waals surface area contributed by atoms with Crippen LogP contribution in [0.2, 0.25) is 0 Å². The van der Waals surface area contributed by atoms with Gasteiger partial charge < -0.3 is 15.7 Å². The van der Waals surface area contributed by atoms with E-state index in [1.807, 2.05) is 0 Å². The highest BCUT2D eigenvalue weighted by molar-refractivity contribution is 5.90. The molecule has 0 aliphatic rings. The number of hydrogen-bond donors (Lipinski definition) is 3. The molecule has 0 rings (SSSR count). The molecule has 0 aromatic heterocycles. The summed E-state index contributed by atoms with van der Waals surface area (Å²) in [5.74, 6) is -4.60. The predicted octanol–water partition coefficient (Wildman–Crippen LogP) is 1.45. The fraction of sp³-hybridized carbons (Fsp3) is 0.769. The molecule has 0 aromatic carbocycles. The maximum atomic E-state index is 12.3. The Morgan fingerprint density at radius 1 is 1.14 bits per heavy atom. The molecule has 0 aliphatic heterocycles. The fourth-order valence-corrected chi connectivity index (χ4v) is 1.65. The van der Waals surface area contributed by atoms with Crippen molar-refractivity contribution in [3.05, 3.63) is 0 Å². The van der Waals surface area contributed by atoms with E-state index in [9.17, 15) is 27.6 Å². The van der Waals surface area contributed by atoms with Crippen LogP contribution in [0.4, 0.5) is 13.2 Å². The second-order valence-electron chi connectivity index (χ2n) is 5.96. The molecule has 0 fully saturated rings. The Balaban J connectivity index is 4.87. The molecule has 128 valence electrons. The van der Waals surface area contributed by atoms with Gasteiger partial charge in [0.15, 0.2) is 0 Å². The SMILES string of the molecule is CC(C)[C@H](NC(=O)C(F)(F)F)C(=O)NC(C)(C)CCC(=O)O. The summed E-state index contributed by atoms with van der Waals surface area (Å²) >= 11 is 0. The van der Waals surface area contributed by atoms with Crippen molar-refractivity contribution in [2.75, 3.05) is 0 Å². The van der Waals surface area contributed by atoms with Gasteiger partial charge in [0.1, 0.15) is 6.04 Å². The lowest BCUT2D eigenvalue weighted by Gasteiger charge is -2.30. The minimum Gasteiger partial charge on any atom is -0.481 e. The van der Waals surface area contributed by atoms with Crippen LogP contribution in [0.5, 0.6) is 0 Å². The lowest BCUT2D eigenvalue weighted by atomic mass is 9.96. The second kappa shape index (κ2) is 7.46. The van der Waals surface area contributed by atoms with Crippen LogP contribution < -0.4 is 10.6 Å². The highest BCUT2D eigenvalue weighted by Crippen LogP contribution is 2.17. The van der Waals surface area contributed by atoms with E-state index in [1.165, 1.54) is 13.8 Å². The van der Waals surface area contributed by atoms with Gasteiger partial charge in [-0.2, -0.15) is 13.2 Å². The first-order chi connectivity index (χ1) is 9.76. The number of amides is 2. The van der Waals surface area contributed by atoms with E-state index in [0.29, 0.717) is 0 Å². The van der Waals surface area contributed by atoms with E-state index in [1.54, 1.807) is 19.2 Å². The van der Waals surface area contributed by atoms with Gasteiger partial charge in [-0.1, -0.05) is 13.8 Å². The Hall–Kier alpha value is -1.80. The summed E-state index contributed by atoms with van der Waals surface area (Å²) in [6.07, 6.45) is -5.17. The van der Waals surface area contributed by atoms with Gasteiger partial charge in [-0.05, 0) is 26.2 Å². The molecule has 0 bridgehead atoms. The Labute approximate surface area is 126 Å². The number of carboxylic acids is 1. The van der Waals surface area contributed by atoms with E-state index in [0.717, 1.165) is 0 Å². The summed E-state index contributed by atoms with van der Waals surface area (Å²) in [6.45, 7) is 6.09. The van der Waals surface area contributed by atoms with E-state index >= 15 is 0 Å². The molecule has 0 spiro atoms. The van der Waals surface area contributed by atoms with Crippen molar-refractivity contribution in [3.8, 4) is 0 Å². The molecular weight excluding hydrogens is 305 g/mol. The first kappa shape index (κ1) is 20.2. The minimum absolute atomic E-state index is 0.103. The second-order valence-corrected chi connectivity index (χ2v) is 5.96. The molecule has 0 saturated carbocycles. The lowest BCUT2D eigenvalue weighted by Crippen LogP contribution is -2.57. The van der Waals surface area contributed by atoms with Crippen molar-refractivity contribution in [2.24, 2.45) is 5.92 Å². The molecular formula is C13H21F3N2O4. The molecule has 0 unspecified atom stereocenters. The van der Waals surface area contributed by atoms with Gasteiger partial charge in [-0.15, -0.1) is 0 Å². The zero-order valence-electron chi connectivity index (χ0n) is 12.9. The first-order valence-corrected chi connectivity index (χ1v) is 6.68. The molecule has 9 heteroatoms. The normalized spacial score (nSPS) is 13.6. The molecule has 0 aliphatic carbocycles. The number of carbonyl (C=O) groups is 3. The number of hydrogen-bond acceptors (Lipinski definition) is 3. The largest absolute Gasteiger partial charge is 0.481 e. The molecule has 22 heavy (non-hydrogen) atoms. The zero-order valence-corrected chi connectivity index (χ0v) is 12.9. The maximum Gasteiger partial charge on any atom is 0.471 e. The predicted molar refractivity (Wildman–Crippen MR) is 71.9 cm³/mol. The number of nitrogens with one attached hydrogen (secondary N) is 2. The van der Waals surface area contributed by atoms with Crippen molar-refractivity contribution in [1.82, 2.24) is 10.6 Å². The van der Waals surface area contributed by atoms with Crippen LogP contribution >= 0.6 is 0 Å². The third-order valence-corrected chi connectivity index (χ3v) is 2.92. The highest BCUT2D eigenvalue weighted by Gasteiger charge is 2.41. The molecule has 6 nitrogen and oxygen atoms in total. The van der Waals surface area contributed by atoms with Crippen molar-refractivity contribution in [2.45, 2.75) is 58.3 Å². The Bertz CT molecular complexity index is 433. The minimum atomic E-state index is -5.08. The zero-order chi connectivity index (χ0) is 17.7. The lowest BCUT2D eigenvalue weighted by molar-refractivity contribution is -0.175. The van der Waals surface area contributed by atoms with Gasteiger partial charge in [-0.25, -0.2) is 0 Å². The number of halogens is 3. The van der Waals surface area contributed by atoms with Crippen LogP contribution in [0, 0.1) is 5.92 Å². The van der Waals surface area contributed by atoms with E-state index in [2.05, 4.69) is 5.32 Å². The van der Waals surface area contributed by atoms with Gasteiger partial charge in [0, 0.05) is 12.0 Å². The third kappa shape index (κ3) is 7.28. The van der Waals surface area contributed by atoms with Crippen molar-refractivity contribution >= 4 is 17.8 Å². The molecule has 3 N–H and O–H groups in total. The number of rotatable bonds is 7. The van der Waals surface area contributed by atoms with Gasteiger partial charge in [0.2, 0.25) is 5.91 Å². The molecule has 0 saturated heterocycles. The highest BCUT2D eigenvalue weighted by atomic mass is 19.4. The summed E-state index contributed by atoms with van der Waals surface area (Å²) in [4.78, 5) is 33.6. The van der Waals surface area contributed by atoms with E-state index < -0.39 is 41.5 Å². The third-order valence-electron chi connectivity index (χ3n) is 2.92. The number of alkyl halides is 3. The average molecular weight is 326 g/mol. The molecule has 0 radical (unpaired) electrons. The Kier molecular flexibility index (Phi) is 6.85. The van der Waals surface area contributed by atoms with E-state index in [4.69, 9.17) is 5.11 Å². The van der Waals surface area contributed by atoms with Gasteiger partial charge >= 0.3 is 18.1 Å². The smallest absolute Gasteiger partial charge is 0.471 e. The van der Waals surface area contributed by atoms with Gasteiger partial charge in [0.25, 0.3) is 0 Å². The standard InChI is InChI=1S/C13H21F3N2O4/c1-7(2)9(17-11(22)13(14,15)16)10(21)18-12(3,4)6-5-8(19)20/h7,9H,5-6H2,1-4H3,(H,17,22)(H,18,21)(H,19,20)/t9-/m0/s1. The van der Waals surface area contributed by atoms with Gasteiger partial charge in [-0.3, -0.25) is 14.4 Å². The fourth-order valence-electron chi connectivity index (χ4n) is 1.65. The van der Waals surface area contributed by atoms with Crippen molar-refractivity contribution in [1.29, 1.82) is 0 Å². The van der Waals surface area contributed by atoms with Crippen molar-refractivity contribution < 1.29 is 32.7 Å². The van der Waals surface area contributed by atoms with Crippen molar-refractivity contribution in [3.63, 3.8) is 0 Å². The van der Waals surface area contributed by atoms with Crippen LogP contribution in [0.15, 0.2) is 0 Å². The summed E-state index contributed by atoms with van der Waals surface area (Å²) < 4.78 is 36.8. The van der Waals surface area contributed by atoms with Crippen LogP contribution in [0.25, 0.3) is 0 Å². The molecule has 0 heterocycles. The summed E-state index contributed by atoms with van der Waals surface area (Å²) in [5, 5.41) is 12.7. The first-order valence-electron chi connectivity index (χ1n) is 6.68.